The summed E-state index contributed by atoms with van der Waals surface area (Å²) in [5.41, 5.74) is 7.38. The predicted molar refractivity (Wildman–Crippen MR) is 94.1 cm³/mol. The number of pyridine rings is 1. The number of carbonyl (C=O) groups excluding carboxylic acids is 2. The Morgan fingerprint density at radius 1 is 1.40 bits per heavy atom. The van der Waals surface area contributed by atoms with E-state index in [1.54, 1.807) is 12.4 Å². The SMILES string of the molecule is CCC1NNC(C(=O)N(Cc2cccnc2)C[C@@H]2CCC(=O)N2)C1C. The van der Waals surface area contributed by atoms with Gasteiger partial charge in [-0.1, -0.05) is 19.9 Å². The first-order valence-electron chi connectivity index (χ1n) is 9.06. The van der Waals surface area contributed by atoms with Gasteiger partial charge in [-0.2, -0.15) is 0 Å². The highest BCUT2D eigenvalue weighted by Crippen LogP contribution is 2.20. The maximum Gasteiger partial charge on any atom is 0.241 e. The fourth-order valence-corrected chi connectivity index (χ4v) is 3.67. The molecule has 1 aromatic heterocycles. The van der Waals surface area contributed by atoms with Gasteiger partial charge in [0.05, 0.1) is 0 Å². The normalized spacial score (nSPS) is 28.8. The lowest BCUT2D eigenvalue weighted by molar-refractivity contribution is -0.135. The Hall–Kier alpha value is -1.99. The van der Waals surface area contributed by atoms with Gasteiger partial charge in [0.1, 0.15) is 6.04 Å². The van der Waals surface area contributed by atoms with Gasteiger partial charge in [-0.3, -0.25) is 20.0 Å². The lowest BCUT2D eigenvalue weighted by atomic mass is 9.94. The van der Waals surface area contributed by atoms with E-state index in [2.05, 4.69) is 35.0 Å². The number of hydrazine groups is 1. The van der Waals surface area contributed by atoms with E-state index < -0.39 is 0 Å². The average molecular weight is 345 g/mol. The van der Waals surface area contributed by atoms with E-state index in [4.69, 9.17) is 0 Å². The molecule has 0 saturated carbocycles. The van der Waals surface area contributed by atoms with Crippen molar-refractivity contribution in [2.75, 3.05) is 6.54 Å². The van der Waals surface area contributed by atoms with Gasteiger partial charge >= 0.3 is 0 Å². The Labute approximate surface area is 148 Å². The van der Waals surface area contributed by atoms with Crippen molar-refractivity contribution in [2.45, 2.75) is 57.8 Å². The maximum atomic E-state index is 13.2. The molecule has 3 N–H and O–H groups in total. The van der Waals surface area contributed by atoms with Crippen molar-refractivity contribution in [2.24, 2.45) is 5.92 Å². The Bertz CT molecular complexity index is 609. The molecule has 3 heterocycles. The summed E-state index contributed by atoms with van der Waals surface area (Å²) in [4.78, 5) is 30.7. The molecule has 2 fully saturated rings. The van der Waals surface area contributed by atoms with Crippen molar-refractivity contribution in [1.29, 1.82) is 0 Å². The van der Waals surface area contributed by atoms with Crippen molar-refractivity contribution < 1.29 is 9.59 Å². The van der Waals surface area contributed by atoms with Crippen LogP contribution in [0.4, 0.5) is 0 Å². The molecule has 25 heavy (non-hydrogen) atoms. The minimum Gasteiger partial charge on any atom is -0.352 e. The summed E-state index contributed by atoms with van der Waals surface area (Å²) in [5.74, 6) is 0.354. The van der Waals surface area contributed by atoms with Crippen LogP contribution in [0.15, 0.2) is 24.5 Å². The van der Waals surface area contributed by atoms with E-state index in [0.717, 1.165) is 18.4 Å². The molecule has 0 radical (unpaired) electrons. The van der Waals surface area contributed by atoms with Gasteiger partial charge in [-0.05, 0) is 30.4 Å². The molecule has 2 amide bonds. The van der Waals surface area contributed by atoms with Gasteiger partial charge in [-0.25, -0.2) is 5.43 Å². The van der Waals surface area contributed by atoms with Crippen molar-refractivity contribution in [3.05, 3.63) is 30.1 Å². The van der Waals surface area contributed by atoms with E-state index in [0.29, 0.717) is 25.6 Å². The molecule has 2 saturated heterocycles. The first-order chi connectivity index (χ1) is 12.1. The van der Waals surface area contributed by atoms with Crippen LogP contribution in [0.5, 0.6) is 0 Å². The topological polar surface area (TPSA) is 86.4 Å². The highest BCUT2D eigenvalue weighted by Gasteiger charge is 2.39. The summed E-state index contributed by atoms with van der Waals surface area (Å²) in [6, 6.07) is 3.92. The molecule has 136 valence electrons. The molecule has 7 nitrogen and oxygen atoms in total. The van der Waals surface area contributed by atoms with E-state index in [-0.39, 0.29) is 29.8 Å². The highest BCUT2D eigenvalue weighted by molar-refractivity contribution is 5.83. The number of hydrogen-bond donors (Lipinski definition) is 3. The Balaban J connectivity index is 1.73. The Morgan fingerprint density at radius 2 is 2.24 bits per heavy atom. The van der Waals surface area contributed by atoms with Crippen LogP contribution in [0.1, 0.15) is 38.7 Å². The van der Waals surface area contributed by atoms with Crippen molar-refractivity contribution in [1.82, 2.24) is 26.1 Å². The molecular formula is C18H27N5O2. The number of carbonyl (C=O) groups is 2. The first-order valence-corrected chi connectivity index (χ1v) is 9.06. The number of nitrogens with one attached hydrogen (secondary N) is 3. The molecule has 2 aliphatic rings. The van der Waals surface area contributed by atoms with E-state index in [1.165, 1.54) is 0 Å². The number of aromatic nitrogens is 1. The van der Waals surface area contributed by atoms with Gasteiger partial charge in [-0.15, -0.1) is 0 Å². The molecule has 0 spiro atoms. The second kappa shape index (κ2) is 7.93. The van der Waals surface area contributed by atoms with Crippen molar-refractivity contribution in [3.8, 4) is 0 Å². The summed E-state index contributed by atoms with van der Waals surface area (Å²) in [6.07, 6.45) is 5.80. The third-order valence-electron chi connectivity index (χ3n) is 5.22. The molecule has 3 rings (SSSR count). The fraction of sp³-hybridized carbons (Fsp3) is 0.611. The molecule has 7 heteroatoms. The summed E-state index contributed by atoms with van der Waals surface area (Å²) in [6.45, 7) is 5.25. The number of amides is 2. The summed E-state index contributed by atoms with van der Waals surface area (Å²) in [7, 11) is 0. The quantitative estimate of drug-likeness (QED) is 0.702. The second-order valence-corrected chi connectivity index (χ2v) is 7.02. The van der Waals surface area contributed by atoms with Crippen LogP contribution < -0.4 is 16.2 Å². The van der Waals surface area contributed by atoms with Crippen LogP contribution in [0, 0.1) is 5.92 Å². The summed E-state index contributed by atoms with van der Waals surface area (Å²) < 4.78 is 0. The molecule has 3 unspecified atom stereocenters. The van der Waals surface area contributed by atoms with Gasteiger partial charge < -0.3 is 10.2 Å². The van der Waals surface area contributed by atoms with Crippen LogP contribution in [0.25, 0.3) is 0 Å². The zero-order valence-electron chi connectivity index (χ0n) is 14.9. The standard InChI is InChI=1S/C18H27N5O2/c1-3-15-12(2)17(22-21-15)18(25)23(10-13-5-4-8-19-9-13)11-14-6-7-16(24)20-14/h4-5,8-9,12,14-15,17,21-22H,3,6-7,10-11H2,1-2H3,(H,20,24)/t12?,14-,15?,17?/m0/s1. The third-order valence-corrected chi connectivity index (χ3v) is 5.22. The number of hydrogen-bond acceptors (Lipinski definition) is 5. The lowest BCUT2D eigenvalue weighted by Crippen LogP contribution is -2.50. The van der Waals surface area contributed by atoms with E-state index in [1.807, 2.05) is 17.0 Å². The molecule has 0 bridgehead atoms. The van der Waals surface area contributed by atoms with Crippen LogP contribution in [0.3, 0.4) is 0 Å². The molecule has 2 aliphatic heterocycles. The lowest BCUT2D eigenvalue weighted by Gasteiger charge is -2.29. The van der Waals surface area contributed by atoms with Gasteiger partial charge in [0, 0.05) is 44.0 Å². The monoisotopic (exact) mass is 345 g/mol. The van der Waals surface area contributed by atoms with Gasteiger partial charge in [0.25, 0.3) is 0 Å². The van der Waals surface area contributed by atoms with Crippen LogP contribution >= 0.6 is 0 Å². The Kier molecular flexibility index (Phi) is 5.65. The molecule has 0 aromatic carbocycles. The minimum atomic E-state index is -0.251. The smallest absolute Gasteiger partial charge is 0.241 e. The summed E-state index contributed by atoms with van der Waals surface area (Å²) >= 11 is 0. The second-order valence-electron chi connectivity index (χ2n) is 7.02. The molecule has 0 aliphatic carbocycles. The predicted octanol–water partition coefficient (Wildman–Crippen LogP) is 0.580. The Morgan fingerprint density at radius 3 is 2.84 bits per heavy atom. The maximum absolute atomic E-state index is 13.2. The van der Waals surface area contributed by atoms with Crippen LogP contribution in [0.2, 0.25) is 0 Å². The van der Waals surface area contributed by atoms with Crippen molar-refractivity contribution >= 4 is 11.8 Å². The minimum absolute atomic E-state index is 0.0276. The van der Waals surface area contributed by atoms with Gasteiger partial charge in [0.2, 0.25) is 11.8 Å². The first kappa shape index (κ1) is 17.8. The fourth-order valence-electron chi connectivity index (χ4n) is 3.67. The molecule has 1 aromatic rings. The van der Waals surface area contributed by atoms with Crippen LogP contribution in [-0.4, -0.2) is 46.4 Å². The average Bonchev–Trinajstić information content (AvgIpc) is 3.20. The highest BCUT2D eigenvalue weighted by atomic mass is 16.2. The third kappa shape index (κ3) is 4.16. The zero-order valence-corrected chi connectivity index (χ0v) is 14.9. The summed E-state index contributed by atoms with van der Waals surface area (Å²) in [5, 5.41) is 2.96. The van der Waals surface area contributed by atoms with E-state index in [9.17, 15) is 9.59 Å². The largest absolute Gasteiger partial charge is 0.352 e. The van der Waals surface area contributed by atoms with E-state index >= 15 is 0 Å². The molecular weight excluding hydrogens is 318 g/mol. The van der Waals surface area contributed by atoms with Crippen molar-refractivity contribution in [3.63, 3.8) is 0 Å². The van der Waals surface area contributed by atoms with Gasteiger partial charge in [0.15, 0.2) is 0 Å². The number of rotatable bonds is 6. The zero-order chi connectivity index (χ0) is 17.8. The van der Waals surface area contributed by atoms with Crippen LogP contribution in [-0.2, 0) is 16.1 Å². The molecule has 4 atom stereocenters. The number of nitrogens with zero attached hydrogens (tertiary/aromatic N) is 2.